The van der Waals surface area contributed by atoms with E-state index in [4.69, 9.17) is 5.73 Å². The molecule has 102 valence electrons. The van der Waals surface area contributed by atoms with Crippen molar-refractivity contribution in [2.75, 3.05) is 13.1 Å². The van der Waals surface area contributed by atoms with Crippen molar-refractivity contribution in [3.8, 4) is 0 Å². The summed E-state index contributed by atoms with van der Waals surface area (Å²) in [5, 5.41) is 8.15. The van der Waals surface area contributed by atoms with Gasteiger partial charge in [-0.25, -0.2) is 4.68 Å². The molecule has 0 spiro atoms. The van der Waals surface area contributed by atoms with E-state index in [9.17, 15) is 0 Å². The largest absolute Gasteiger partial charge is 0.321 e. The van der Waals surface area contributed by atoms with Gasteiger partial charge in [0.15, 0.2) is 0 Å². The molecule has 1 fully saturated rings. The minimum atomic E-state index is -0.0443. The molecule has 0 saturated carbocycles. The van der Waals surface area contributed by atoms with E-state index in [1.807, 2.05) is 10.9 Å². The van der Waals surface area contributed by atoms with E-state index in [2.05, 4.69) is 36.0 Å². The maximum atomic E-state index is 6.49. The molecule has 5 nitrogen and oxygen atoms in total. The number of aromatic nitrogens is 3. The summed E-state index contributed by atoms with van der Waals surface area (Å²) in [7, 11) is 0. The first-order chi connectivity index (χ1) is 8.57. The van der Waals surface area contributed by atoms with Gasteiger partial charge < -0.3 is 5.73 Å². The van der Waals surface area contributed by atoms with Crippen molar-refractivity contribution < 1.29 is 0 Å². The van der Waals surface area contributed by atoms with E-state index in [1.165, 1.54) is 12.8 Å². The van der Waals surface area contributed by atoms with Crippen LogP contribution in [0.4, 0.5) is 0 Å². The standard InChI is InChI=1S/C13H25N5/c1-4-7-18-11(10-15-16-18)12(14)13(2,3)17-8-5-6-9-17/h10,12H,4-9,14H2,1-3H3. The SMILES string of the molecule is CCCn1nncc1C(N)C(C)(C)N1CCCC1. The van der Waals surface area contributed by atoms with Crippen molar-refractivity contribution in [1.82, 2.24) is 19.9 Å². The van der Waals surface area contributed by atoms with Crippen LogP contribution < -0.4 is 5.73 Å². The van der Waals surface area contributed by atoms with E-state index in [-0.39, 0.29) is 11.6 Å². The highest BCUT2D eigenvalue weighted by molar-refractivity contribution is 5.10. The van der Waals surface area contributed by atoms with Crippen LogP contribution >= 0.6 is 0 Å². The quantitative estimate of drug-likeness (QED) is 0.863. The highest BCUT2D eigenvalue weighted by Crippen LogP contribution is 2.31. The first kappa shape index (κ1) is 13.5. The molecule has 1 atom stereocenters. The van der Waals surface area contributed by atoms with Gasteiger partial charge in [-0.1, -0.05) is 12.1 Å². The van der Waals surface area contributed by atoms with Crippen LogP contribution in [0.15, 0.2) is 6.20 Å². The maximum absolute atomic E-state index is 6.49. The zero-order chi connectivity index (χ0) is 13.2. The van der Waals surface area contributed by atoms with Crippen molar-refractivity contribution >= 4 is 0 Å². The Labute approximate surface area is 109 Å². The summed E-state index contributed by atoms with van der Waals surface area (Å²) in [6.45, 7) is 9.78. The average molecular weight is 251 g/mol. The van der Waals surface area contributed by atoms with Crippen molar-refractivity contribution in [2.45, 2.75) is 58.2 Å². The van der Waals surface area contributed by atoms with Crippen molar-refractivity contribution in [1.29, 1.82) is 0 Å². The van der Waals surface area contributed by atoms with Gasteiger partial charge >= 0.3 is 0 Å². The molecule has 5 heteroatoms. The summed E-state index contributed by atoms with van der Waals surface area (Å²) in [5.41, 5.74) is 7.50. The first-order valence-electron chi connectivity index (χ1n) is 6.96. The van der Waals surface area contributed by atoms with Gasteiger partial charge in [0, 0.05) is 12.1 Å². The Balaban J connectivity index is 2.18. The molecule has 2 heterocycles. The van der Waals surface area contributed by atoms with Gasteiger partial charge in [-0.15, -0.1) is 5.10 Å². The second kappa shape index (κ2) is 5.36. The number of hydrogen-bond donors (Lipinski definition) is 1. The number of nitrogens with two attached hydrogens (primary N) is 1. The highest BCUT2D eigenvalue weighted by atomic mass is 15.4. The Hall–Kier alpha value is -0.940. The van der Waals surface area contributed by atoms with Crippen LogP contribution in [0.5, 0.6) is 0 Å². The van der Waals surface area contributed by atoms with Crippen molar-refractivity contribution in [3.05, 3.63) is 11.9 Å². The zero-order valence-electron chi connectivity index (χ0n) is 11.8. The molecular weight excluding hydrogens is 226 g/mol. The van der Waals surface area contributed by atoms with Crippen LogP contribution in [0, 0.1) is 0 Å². The van der Waals surface area contributed by atoms with Crippen LogP contribution in [-0.2, 0) is 6.54 Å². The zero-order valence-corrected chi connectivity index (χ0v) is 11.8. The summed E-state index contributed by atoms with van der Waals surface area (Å²) >= 11 is 0. The van der Waals surface area contributed by atoms with E-state index in [1.54, 1.807) is 0 Å². The molecule has 1 unspecified atom stereocenters. The molecule has 1 aromatic heterocycles. The third-order valence-electron chi connectivity index (χ3n) is 4.08. The summed E-state index contributed by atoms with van der Waals surface area (Å²) in [5.74, 6) is 0. The van der Waals surface area contributed by atoms with Gasteiger partial charge in [-0.2, -0.15) is 0 Å². The lowest BCUT2D eigenvalue weighted by molar-refractivity contribution is 0.120. The molecule has 0 bridgehead atoms. The number of aryl methyl sites for hydroxylation is 1. The molecule has 0 radical (unpaired) electrons. The predicted molar refractivity (Wildman–Crippen MR) is 72.1 cm³/mol. The molecule has 1 aromatic rings. The average Bonchev–Trinajstić information content (AvgIpc) is 2.99. The summed E-state index contributed by atoms with van der Waals surface area (Å²) in [4.78, 5) is 2.49. The second-order valence-corrected chi connectivity index (χ2v) is 5.71. The second-order valence-electron chi connectivity index (χ2n) is 5.71. The van der Waals surface area contributed by atoms with Crippen molar-refractivity contribution in [3.63, 3.8) is 0 Å². The highest BCUT2D eigenvalue weighted by Gasteiger charge is 2.37. The first-order valence-corrected chi connectivity index (χ1v) is 6.96. The molecule has 1 aliphatic heterocycles. The van der Waals surface area contributed by atoms with Crippen LogP contribution in [-0.4, -0.2) is 38.5 Å². The molecule has 0 aliphatic carbocycles. The van der Waals surface area contributed by atoms with E-state index >= 15 is 0 Å². The fourth-order valence-electron chi connectivity index (χ4n) is 2.74. The Bertz CT molecular complexity index is 378. The van der Waals surface area contributed by atoms with Gasteiger partial charge in [-0.05, 0) is 46.2 Å². The molecular formula is C13H25N5. The monoisotopic (exact) mass is 251 g/mol. The molecule has 0 aromatic carbocycles. The Morgan fingerprint density at radius 1 is 1.39 bits per heavy atom. The Morgan fingerprint density at radius 2 is 2.06 bits per heavy atom. The van der Waals surface area contributed by atoms with Crippen molar-refractivity contribution in [2.24, 2.45) is 5.73 Å². The van der Waals surface area contributed by atoms with Gasteiger partial charge in [0.2, 0.25) is 0 Å². The van der Waals surface area contributed by atoms with Gasteiger partial charge in [0.25, 0.3) is 0 Å². The van der Waals surface area contributed by atoms with E-state index < -0.39 is 0 Å². The Morgan fingerprint density at radius 3 is 2.67 bits per heavy atom. The number of nitrogens with zero attached hydrogens (tertiary/aromatic N) is 4. The molecule has 2 N–H and O–H groups in total. The summed E-state index contributed by atoms with van der Waals surface area (Å²) < 4.78 is 1.95. The van der Waals surface area contributed by atoms with E-state index in [0.717, 1.165) is 31.7 Å². The topological polar surface area (TPSA) is 60.0 Å². The van der Waals surface area contributed by atoms with Crippen LogP contribution in [0.3, 0.4) is 0 Å². The number of rotatable bonds is 5. The lowest BCUT2D eigenvalue weighted by Gasteiger charge is -2.40. The Kier molecular flexibility index (Phi) is 4.02. The minimum absolute atomic E-state index is 0.0380. The third kappa shape index (κ3) is 2.42. The lowest BCUT2D eigenvalue weighted by Crippen LogP contribution is -2.50. The molecule has 1 aliphatic rings. The predicted octanol–water partition coefficient (Wildman–Crippen LogP) is 1.56. The maximum Gasteiger partial charge on any atom is 0.0773 e. The normalized spacial score (nSPS) is 19.3. The fraction of sp³-hybridized carbons (Fsp3) is 0.846. The molecule has 2 rings (SSSR count). The molecule has 1 saturated heterocycles. The van der Waals surface area contributed by atoms with Gasteiger partial charge in [0.05, 0.1) is 17.9 Å². The van der Waals surface area contributed by atoms with Crippen LogP contribution in [0.2, 0.25) is 0 Å². The summed E-state index contributed by atoms with van der Waals surface area (Å²) in [6, 6.07) is -0.0443. The number of likely N-dealkylation sites (tertiary alicyclic amines) is 1. The van der Waals surface area contributed by atoms with Crippen LogP contribution in [0.1, 0.15) is 51.8 Å². The van der Waals surface area contributed by atoms with Crippen LogP contribution in [0.25, 0.3) is 0 Å². The third-order valence-corrected chi connectivity index (χ3v) is 4.08. The lowest BCUT2D eigenvalue weighted by atomic mass is 9.91. The molecule has 0 amide bonds. The molecule has 18 heavy (non-hydrogen) atoms. The minimum Gasteiger partial charge on any atom is -0.321 e. The van der Waals surface area contributed by atoms with E-state index in [0.29, 0.717) is 0 Å². The van der Waals surface area contributed by atoms with Gasteiger partial charge in [0.1, 0.15) is 0 Å². The number of hydrogen-bond acceptors (Lipinski definition) is 4. The summed E-state index contributed by atoms with van der Waals surface area (Å²) in [6.07, 6.45) is 5.43. The smallest absolute Gasteiger partial charge is 0.0773 e. The van der Waals surface area contributed by atoms with Gasteiger partial charge in [-0.3, -0.25) is 4.90 Å². The fourth-order valence-corrected chi connectivity index (χ4v) is 2.74.